The van der Waals surface area contributed by atoms with Crippen molar-refractivity contribution in [3.05, 3.63) is 63.9 Å². The number of fused-ring (bicyclic) bond motifs is 1. The largest absolute Gasteiger partial charge is 0.485 e. The van der Waals surface area contributed by atoms with Crippen LogP contribution in [0.15, 0.2) is 36.4 Å². The minimum atomic E-state index is -0.218. The predicted molar refractivity (Wildman–Crippen MR) is 82.4 cm³/mol. The summed E-state index contributed by atoms with van der Waals surface area (Å²) in [5.41, 5.74) is 3.01. The number of halogens is 2. The van der Waals surface area contributed by atoms with Gasteiger partial charge in [-0.05, 0) is 55.4 Å². The van der Waals surface area contributed by atoms with Gasteiger partial charge in [0.2, 0.25) is 0 Å². The van der Waals surface area contributed by atoms with E-state index in [1.165, 1.54) is 6.07 Å². The van der Waals surface area contributed by atoms with Crippen molar-refractivity contribution in [1.82, 2.24) is 5.32 Å². The van der Waals surface area contributed by atoms with Gasteiger partial charge in [-0.2, -0.15) is 0 Å². The van der Waals surface area contributed by atoms with Crippen molar-refractivity contribution in [3.63, 3.8) is 0 Å². The molecule has 1 aliphatic heterocycles. The fourth-order valence-corrected chi connectivity index (χ4v) is 3.09. The minimum absolute atomic E-state index is 0.0864. The van der Waals surface area contributed by atoms with Gasteiger partial charge in [-0.1, -0.05) is 17.7 Å². The van der Waals surface area contributed by atoms with E-state index in [1.54, 1.807) is 6.07 Å². The lowest BCUT2D eigenvalue weighted by Gasteiger charge is -2.33. The summed E-state index contributed by atoms with van der Waals surface area (Å²) in [7, 11) is 1.93. The molecule has 2 aromatic carbocycles. The lowest BCUT2D eigenvalue weighted by molar-refractivity contribution is 0.153. The second-order valence-corrected chi connectivity index (χ2v) is 5.80. The molecule has 0 amide bonds. The van der Waals surface area contributed by atoms with Crippen molar-refractivity contribution in [2.45, 2.75) is 25.5 Å². The van der Waals surface area contributed by atoms with E-state index in [4.69, 9.17) is 16.3 Å². The molecule has 1 aliphatic rings. The third kappa shape index (κ3) is 2.76. The number of hydrogen-bond acceptors (Lipinski definition) is 2. The Kier molecular flexibility index (Phi) is 3.87. The molecule has 0 spiro atoms. The van der Waals surface area contributed by atoms with Gasteiger partial charge < -0.3 is 10.1 Å². The van der Waals surface area contributed by atoms with Crippen LogP contribution in [0.1, 0.15) is 35.3 Å². The van der Waals surface area contributed by atoms with Gasteiger partial charge in [0.05, 0.1) is 0 Å². The summed E-state index contributed by atoms with van der Waals surface area (Å²) >= 11 is 6.07. The molecule has 0 saturated carbocycles. The van der Waals surface area contributed by atoms with E-state index in [0.29, 0.717) is 5.02 Å². The van der Waals surface area contributed by atoms with E-state index in [-0.39, 0.29) is 18.0 Å². The summed E-state index contributed by atoms with van der Waals surface area (Å²) in [5.74, 6) is 0.614. The summed E-state index contributed by atoms with van der Waals surface area (Å²) in [6, 6.07) is 10.7. The van der Waals surface area contributed by atoms with Crippen LogP contribution in [-0.2, 0) is 0 Å². The fraction of sp³-hybridized carbons (Fsp3) is 0.294. The van der Waals surface area contributed by atoms with E-state index in [1.807, 2.05) is 38.2 Å². The average Bonchev–Trinajstić information content (AvgIpc) is 2.46. The summed E-state index contributed by atoms with van der Waals surface area (Å²) < 4.78 is 19.4. The smallest absolute Gasteiger partial charge is 0.126 e. The normalized spacial score (nSPS) is 20.8. The molecule has 0 radical (unpaired) electrons. The molecule has 0 saturated heterocycles. The van der Waals surface area contributed by atoms with Crippen molar-refractivity contribution in [2.24, 2.45) is 0 Å². The Labute approximate surface area is 128 Å². The summed E-state index contributed by atoms with van der Waals surface area (Å²) in [4.78, 5) is 0. The van der Waals surface area contributed by atoms with Gasteiger partial charge in [0.15, 0.2) is 0 Å². The van der Waals surface area contributed by atoms with Crippen LogP contribution < -0.4 is 10.1 Å². The highest BCUT2D eigenvalue weighted by Crippen LogP contribution is 2.42. The van der Waals surface area contributed by atoms with E-state index in [2.05, 4.69) is 5.32 Å². The van der Waals surface area contributed by atoms with Crippen LogP contribution >= 0.6 is 11.6 Å². The van der Waals surface area contributed by atoms with Gasteiger partial charge in [0, 0.05) is 23.0 Å². The molecule has 3 rings (SSSR count). The van der Waals surface area contributed by atoms with Crippen LogP contribution in [-0.4, -0.2) is 7.05 Å². The number of benzene rings is 2. The molecule has 2 atom stereocenters. The summed E-state index contributed by atoms with van der Waals surface area (Å²) in [6.45, 7) is 1.91. The number of nitrogens with one attached hydrogen (secondary N) is 1. The van der Waals surface area contributed by atoms with E-state index in [0.717, 1.165) is 28.9 Å². The van der Waals surface area contributed by atoms with Crippen LogP contribution in [0.5, 0.6) is 5.75 Å². The second kappa shape index (κ2) is 5.66. The molecule has 0 fully saturated rings. The van der Waals surface area contributed by atoms with Crippen LogP contribution in [0.25, 0.3) is 0 Å². The minimum Gasteiger partial charge on any atom is -0.485 e. The van der Waals surface area contributed by atoms with Gasteiger partial charge in [-0.25, -0.2) is 4.39 Å². The van der Waals surface area contributed by atoms with Crippen molar-refractivity contribution < 1.29 is 9.13 Å². The molecule has 1 N–H and O–H groups in total. The van der Waals surface area contributed by atoms with Crippen molar-refractivity contribution in [2.75, 3.05) is 7.05 Å². The first-order chi connectivity index (χ1) is 10.1. The zero-order valence-corrected chi connectivity index (χ0v) is 12.7. The maximum Gasteiger partial charge on any atom is 0.126 e. The van der Waals surface area contributed by atoms with E-state index in [9.17, 15) is 4.39 Å². The molecular formula is C17H17ClFNO. The highest BCUT2D eigenvalue weighted by molar-refractivity contribution is 6.30. The topological polar surface area (TPSA) is 21.3 Å². The maximum absolute atomic E-state index is 13.3. The highest BCUT2D eigenvalue weighted by atomic mass is 35.5. The van der Waals surface area contributed by atoms with Gasteiger partial charge in [0.25, 0.3) is 0 Å². The van der Waals surface area contributed by atoms with Gasteiger partial charge in [0.1, 0.15) is 17.7 Å². The Morgan fingerprint density at radius 3 is 2.71 bits per heavy atom. The fourth-order valence-electron chi connectivity index (χ4n) is 2.91. The highest BCUT2D eigenvalue weighted by Gasteiger charge is 2.29. The molecule has 0 aliphatic carbocycles. The molecule has 2 nitrogen and oxygen atoms in total. The molecule has 1 heterocycles. The second-order valence-electron chi connectivity index (χ2n) is 5.37. The van der Waals surface area contributed by atoms with Gasteiger partial charge in [-0.3, -0.25) is 0 Å². The quantitative estimate of drug-likeness (QED) is 0.877. The molecular weight excluding hydrogens is 289 g/mol. The van der Waals surface area contributed by atoms with Gasteiger partial charge in [-0.15, -0.1) is 0 Å². The average molecular weight is 306 g/mol. The third-order valence-corrected chi connectivity index (χ3v) is 4.23. The van der Waals surface area contributed by atoms with Crippen molar-refractivity contribution in [3.8, 4) is 5.75 Å². The molecule has 110 valence electrons. The number of hydrogen-bond donors (Lipinski definition) is 1. The summed E-state index contributed by atoms with van der Waals surface area (Å²) in [6.07, 6.45) is 0.702. The monoisotopic (exact) mass is 305 g/mol. The maximum atomic E-state index is 13.3. The molecule has 2 aromatic rings. The Morgan fingerprint density at radius 2 is 2.00 bits per heavy atom. The first-order valence-electron chi connectivity index (χ1n) is 6.98. The van der Waals surface area contributed by atoms with Crippen molar-refractivity contribution >= 4 is 11.6 Å². The number of aryl methyl sites for hydroxylation is 1. The lowest BCUT2D eigenvalue weighted by Crippen LogP contribution is -2.27. The first-order valence-corrected chi connectivity index (χ1v) is 7.35. The molecule has 0 aromatic heterocycles. The van der Waals surface area contributed by atoms with E-state index >= 15 is 0 Å². The lowest BCUT2D eigenvalue weighted by atomic mass is 9.91. The zero-order valence-electron chi connectivity index (χ0n) is 12.0. The van der Waals surface area contributed by atoms with Crippen LogP contribution in [0.3, 0.4) is 0 Å². The third-order valence-electron chi connectivity index (χ3n) is 3.99. The van der Waals surface area contributed by atoms with E-state index < -0.39 is 0 Å². The molecule has 2 unspecified atom stereocenters. The molecule has 21 heavy (non-hydrogen) atoms. The first kappa shape index (κ1) is 14.4. The van der Waals surface area contributed by atoms with Crippen molar-refractivity contribution in [1.29, 1.82) is 0 Å². The van der Waals surface area contributed by atoms with Crippen LogP contribution in [0.4, 0.5) is 4.39 Å². The Bertz CT molecular complexity index is 674. The van der Waals surface area contributed by atoms with Gasteiger partial charge >= 0.3 is 0 Å². The summed E-state index contributed by atoms with van der Waals surface area (Å²) in [5, 5.41) is 4.01. The van der Waals surface area contributed by atoms with Crippen LogP contribution in [0.2, 0.25) is 5.02 Å². The Morgan fingerprint density at radius 1 is 1.19 bits per heavy atom. The Hall–Kier alpha value is -1.58. The standard InChI is InChI=1S/C17H17ClFNO/c1-10-7-12(19)4-5-13(10)17-9-15(20-2)14-8-11(18)3-6-16(14)21-17/h3-8,15,17,20H,9H2,1-2H3. The SMILES string of the molecule is CNC1CC(c2ccc(F)cc2C)Oc2ccc(Cl)cc21. The number of ether oxygens (including phenoxy) is 1. The molecule has 0 bridgehead atoms. The number of rotatable bonds is 2. The molecule has 4 heteroatoms. The Balaban J connectivity index is 1.98. The predicted octanol–water partition coefficient (Wildman–Crippen LogP) is 4.57. The van der Waals surface area contributed by atoms with Crippen LogP contribution in [0, 0.1) is 12.7 Å². The zero-order chi connectivity index (χ0) is 15.0.